The van der Waals surface area contributed by atoms with Crippen LogP contribution in [0.4, 0.5) is 108 Å². The maximum Gasteiger partial charge on any atom is 0.0468 e. The molecule has 0 saturated carbocycles. The molecular formula is C114H86BrN7. The summed E-state index contributed by atoms with van der Waals surface area (Å²) in [5.74, 6) is 0. The van der Waals surface area contributed by atoms with Gasteiger partial charge >= 0.3 is 0 Å². The Morgan fingerprint density at radius 1 is 0.131 bits per heavy atom. The first kappa shape index (κ1) is 77.5. The second-order valence-corrected chi connectivity index (χ2v) is 30.6. The van der Waals surface area contributed by atoms with Gasteiger partial charge in [0.2, 0.25) is 0 Å². The molecule has 7 nitrogen and oxygen atoms in total. The molecule has 0 spiro atoms. The first-order chi connectivity index (χ1) is 60.4. The zero-order chi connectivity index (χ0) is 82.0. The summed E-state index contributed by atoms with van der Waals surface area (Å²) >= 11 is 3.54. The van der Waals surface area contributed by atoms with E-state index in [1.165, 1.54) is 43.4 Å². The molecule has 0 fully saturated rings. The fourth-order valence-corrected chi connectivity index (χ4v) is 16.0. The van der Waals surface area contributed by atoms with Crippen molar-refractivity contribution in [2.45, 2.75) is 0 Å². The highest BCUT2D eigenvalue weighted by Gasteiger charge is 2.20. The average Bonchev–Trinajstić information content (AvgIpc) is 0.762. The predicted octanol–water partition coefficient (Wildman–Crippen LogP) is 33.5. The van der Waals surface area contributed by atoms with Gasteiger partial charge in [0.25, 0.3) is 0 Å². The third kappa shape index (κ3) is 18.3. The van der Waals surface area contributed by atoms with E-state index >= 15 is 0 Å². The van der Waals surface area contributed by atoms with E-state index < -0.39 is 0 Å². The van der Waals surface area contributed by atoms with Gasteiger partial charge in [0.1, 0.15) is 0 Å². The van der Waals surface area contributed by atoms with E-state index in [0.717, 1.165) is 124 Å². The molecule has 20 aromatic rings. The van der Waals surface area contributed by atoms with Gasteiger partial charge in [-0.1, -0.05) is 283 Å². The molecule has 122 heavy (non-hydrogen) atoms. The molecule has 0 aliphatic rings. The van der Waals surface area contributed by atoms with Crippen LogP contribution in [0.2, 0.25) is 0 Å². The Labute approximate surface area is 722 Å². The Balaban J connectivity index is 0.000000164. The van der Waals surface area contributed by atoms with Crippen molar-refractivity contribution in [2.24, 2.45) is 0 Å². The maximum atomic E-state index is 3.54. The predicted molar refractivity (Wildman–Crippen MR) is 523 cm³/mol. The van der Waals surface area contributed by atoms with Gasteiger partial charge in [0.05, 0.1) is 0 Å². The van der Waals surface area contributed by atoms with Gasteiger partial charge in [0.15, 0.2) is 0 Å². The lowest BCUT2D eigenvalue weighted by atomic mass is 10.0. The summed E-state index contributed by atoms with van der Waals surface area (Å²) in [7, 11) is 0. The smallest absolute Gasteiger partial charge is 0.0468 e. The largest absolute Gasteiger partial charge is 0.356 e. The summed E-state index contributed by atoms with van der Waals surface area (Å²) in [6.45, 7) is 0. The van der Waals surface area contributed by atoms with Crippen LogP contribution in [0.3, 0.4) is 0 Å². The van der Waals surface area contributed by atoms with Gasteiger partial charge in [-0.3, -0.25) is 0 Å². The van der Waals surface area contributed by atoms with Crippen molar-refractivity contribution in [1.29, 1.82) is 0 Å². The van der Waals surface area contributed by atoms with Crippen LogP contribution in [0.15, 0.2) is 514 Å². The summed E-state index contributed by atoms with van der Waals surface area (Å²) in [5, 5.41) is 14.0. The van der Waals surface area contributed by atoms with Gasteiger partial charge in [0, 0.05) is 113 Å². The Morgan fingerprint density at radius 2 is 0.287 bits per heavy atom. The second-order valence-electron chi connectivity index (χ2n) is 29.7. The monoisotopic (exact) mass is 1630 g/mol. The number of benzene rings is 20. The lowest BCUT2D eigenvalue weighted by molar-refractivity contribution is 1.28. The van der Waals surface area contributed by atoms with E-state index in [9.17, 15) is 0 Å². The van der Waals surface area contributed by atoms with Crippen LogP contribution in [-0.2, 0) is 0 Å². The quantitative estimate of drug-likeness (QED) is 0.0743. The van der Waals surface area contributed by atoms with Crippen LogP contribution in [0.5, 0.6) is 0 Å². The minimum Gasteiger partial charge on any atom is -0.356 e. The molecule has 0 atom stereocenters. The molecule has 0 amide bonds. The first-order valence-corrected chi connectivity index (χ1v) is 41.9. The van der Waals surface area contributed by atoms with Crippen molar-refractivity contribution < 1.29 is 0 Å². The fraction of sp³-hybridized carbons (Fsp3) is 0. The van der Waals surface area contributed by atoms with E-state index in [1.807, 2.05) is 48.5 Å². The van der Waals surface area contributed by atoms with Crippen LogP contribution in [-0.4, -0.2) is 0 Å². The van der Waals surface area contributed by atoms with Crippen LogP contribution in [0.25, 0.3) is 54.6 Å². The molecule has 0 aliphatic heterocycles. The van der Waals surface area contributed by atoms with Gasteiger partial charge in [-0.2, -0.15) is 0 Å². The molecular weight excluding hydrogens is 1550 g/mol. The highest BCUT2D eigenvalue weighted by atomic mass is 79.9. The third-order valence-corrected chi connectivity index (χ3v) is 22.1. The topological polar surface area (TPSA) is 40.3 Å². The van der Waals surface area contributed by atoms with Crippen molar-refractivity contribution >= 4 is 156 Å². The molecule has 0 aromatic heterocycles. The van der Waals surface area contributed by atoms with Crippen molar-refractivity contribution in [2.75, 3.05) is 35.1 Å². The standard InChI is InChI=1S/C68H50N4.C24H20N2.C22H16BrN/c1-7-19-57(20-8-1)69(58-21-9-2-10-22-58)65-43-35-55-49-67(45-37-53(55)47-65)71(61-27-15-5-16-28-61)63-39-31-51(32-40-63)52-33-41-64(42-34-52)72(62-29-17-6-18-30-62)68-46-38-54-48-66(44-36-56(54)50-68)70(59-23-11-3-12-24-59)60-25-13-4-14-26-60;1-3-7-21(8-4-1)25-23-15-11-19(12-16-23)20-13-17-24(18-14-20)26-22-9-5-2-6-10-22;23-19-13-11-18-16-22(14-12-17(18)15-19)24(20-7-3-1-4-8-20)21-9-5-2-6-10-21/h1-50H;1-18,25-26H;1-16H. The Morgan fingerprint density at radius 3 is 0.500 bits per heavy atom. The Kier molecular flexibility index (Phi) is 23.7. The second kappa shape index (κ2) is 37.3. The van der Waals surface area contributed by atoms with Crippen LogP contribution < -0.4 is 35.1 Å². The zero-order valence-electron chi connectivity index (χ0n) is 67.1. The number of halogens is 1. The number of anilines is 19. The molecule has 0 saturated heterocycles. The number of para-hydroxylation sites is 10. The number of nitrogens with zero attached hydrogens (tertiary/aromatic N) is 5. The highest BCUT2D eigenvalue weighted by molar-refractivity contribution is 9.10. The van der Waals surface area contributed by atoms with Crippen molar-refractivity contribution in [3.8, 4) is 22.3 Å². The molecule has 0 heterocycles. The number of nitrogens with one attached hydrogen (secondary N) is 2. The van der Waals surface area contributed by atoms with E-state index in [-0.39, 0.29) is 0 Å². The SMILES string of the molecule is Brc1ccc2cc(N(c3ccccc3)c3ccccc3)ccc2c1.c1ccc(N(c2ccccc2)c2ccc3cc(N(c4ccccc4)c4ccc(-c5ccc(N(c6ccccc6)c6ccc7cc(N(c8ccccc8)c8ccccc8)ccc7c6)cc5)cc4)ccc3c2)cc1.c1ccc(Nc2ccc(-c3ccc(Nc4ccccc4)cc3)cc2)cc1. The number of fused-ring (bicyclic) bond motifs is 3. The van der Waals surface area contributed by atoms with Crippen LogP contribution in [0, 0.1) is 0 Å². The summed E-state index contributed by atoms with van der Waals surface area (Å²) in [6, 6.07) is 180. The van der Waals surface area contributed by atoms with Crippen molar-refractivity contribution in [3.63, 3.8) is 0 Å². The van der Waals surface area contributed by atoms with Gasteiger partial charge in [-0.15, -0.1) is 0 Å². The van der Waals surface area contributed by atoms with Crippen molar-refractivity contribution in [1.82, 2.24) is 0 Å². The minimum atomic E-state index is 1.09. The van der Waals surface area contributed by atoms with Crippen molar-refractivity contribution in [3.05, 3.63) is 514 Å². The normalized spacial score (nSPS) is 10.8. The molecule has 0 radical (unpaired) electrons. The van der Waals surface area contributed by atoms with E-state index in [1.54, 1.807) is 0 Å². The molecule has 2 N–H and O–H groups in total. The van der Waals surface area contributed by atoms with E-state index in [0.29, 0.717) is 0 Å². The van der Waals surface area contributed by atoms with E-state index in [4.69, 9.17) is 0 Å². The first-order valence-electron chi connectivity index (χ1n) is 41.1. The van der Waals surface area contributed by atoms with Gasteiger partial charge in [-0.25, -0.2) is 0 Å². The maximum absolute atomic E-state index is 3.54. The van der Waals surface area contributed by atoms with E-state index in [2.05, 4.69) is 512 Å². The summed E-state index contributed by atoms with van der Waals surface area (Å²) in [5.41, 5.74) is 25.8. The van der Waals surface area contributed by atoms with Gasteiger partial charge in [-0.05, 0) is 297 Å². The fourth-order valence-electron chi connectivity index (χ4n) is 15.7. The van der Waals surface area contributed by atoms with Crippen LogP contribution in [0.1, 0.15) is 0 Å². The molecule has 584 valence electrons. The zero-order valence-corrected chi connectivity index (χ0v) is 68.7. The molecule has 20 rings (SSSR count). The summed E-state index contributed by atoms with van der Waals surface area (Å²) in [6.07, 6.45) is 0. The summed E-state index contributed by atoms with van der Waals surface area (Å²) in [4.78, 5) is 11.6. The molecule has 20 aromatic carbocycles. The molecule has 0 aliphatic carbocycles. The lowest BCUT2D eigenvalue weighted by Crippen LogP contribution is -2.10. The number of hydrogen-bond donors (Lipinski definition) is 2. The number of rotatable bonds is 21. The lowest BCUT2D eigenvalue weighted by Gasteiger charge is -2.27. The highest BCUT2D eigenvalue weighted by Crippen LogP contribution is 2.45. The third-order valence-electron chi connectivity index (χ3n) is 21.6. The average molecular weight is 1630 g/mol. The molecule has 8 heteroatoms. The minimum absolute atomic E-state index is 1.09. The Hall–Kier alpha value is -15.7. The number of hydrogen-bond acceptors (Lipinski definition) is 7. The Bertz CT molecular complexity index is 6320. The van der Waals surface area contributed by atoms with Crippen LogP contribution >= 0.6 is 15.9 Å². The summed E-state index contributed by atoms with van der Waals surface area (Å²) < 4.78 is 1.10. The molecule has 0 unspecified atom stereocenters. The van der Waals surface area contributed by atoms with Gasteiger partial charge < -0.3 is 35.1 Å². The molecule has 0 bridgehead atoms.